The predicted octanol–water partition coefficient (Wildman–Crippen LogP) is 0.249. The van der Waals surface area contributed by atoms with E-state index in [2.05, 4.69) is 6.92 Å². The summed E-state index contributed by atoms with van der Waals surface area (Å²) < 4.78 is -0.585. The molecule has 0 fully saturated rings. The lowest BCUT2D eigenvalue weighted by Crippen LogP contribution is -2.58. The van der Waals surface area contributed by atoms with Crippen molar-refractivity contribution in [3.63, 3.8) is 0 Å². The minimum atomic E-state index is -1.46. The van der Waals surface area contributed by atoms with Gasteiger partial charge in [-0.05, 0) is 18.9 Å². The summed E-state index contributed by atoms with van der Waals surface area (Å²) in [6, 6.07) is 0. The highest BCUT2D eigenvalue weighted by Gasteiger charge is 2.32. The normalized spacial score (nSPS) is 11.7. The minimum Gasteiger partial charge on any atom is -0.544 e. The van der Waals surface area contributed by atoms with Crippen LogP contribution in [0.2, 0.25) is 0 Å². The molecule has 7 nitrogen and oxygen atoms in total. The third kappa shape index (κ3) is 9.93. The molecule has 0 aromatic rings. The van der Waals surface area contributed by atoms with E-state index in [0.29, 0.717) is 0 Å². The van der Waals surface area contributed by atoms with Gasteiger partial charge in [-0.3, -0.25) is 4.48 Å². The zero-order valence-electron chi connectivity index (χ0n) is 13.0. The third-order valence-electron chi connectivity index (χ3n) is 3.29. The zero-order chi connectivity index (χ0) is 17.0. The van der Waals surface area contributed by atoms with Gasteiger partial charge in [-0.2, -0.15) is 0 Å². The van der Waals surface area contributed by atoms with Crippen LogP contribution in [0, 0.1) is 0 Å². The number of allylic oxidation sites excluding steroid dienone is 1. The van der Waals surface area contributed by atoms with E-state index < -0.39 is 42.0 Å². The van der Waals surface area contributed by atoms with Crippen molar-refractivity contribution in [1.29, 1.82) is 0 Å². The number of carbonyl (C=O) groups is 3. The molecule has 0 aliphatic heterocycles. The molecule has 0 radical (unpaired) electrons. The highest BCUT2D eigenvalue weighted by Crippen LogP contribution is 2.09. The smallest absolute Gasteiger partial charge is 0.359 e. The maximum absolute atomic E-state index is 10.9. The van der Waals surface area contributed by atoms with Crippen LogP contribution in [0.25, 0.3) is 0 Å². The van der Waals surface area contributed by atoms with Gasteiger partial charge in [-0.1, -0.05) is 32.3 Å². The fourth-order valence-corrected chi connectivity index (χ4v) is 2.31. The monoisotopic (exact) mass is 315 g/mol. The molecule has 0 spiro atoms. The molecule has 0 saturated heterocycles. The van der Waals surface area contributed by atoms with Crippen molar-refractivity contribution >= 4 is 17.9 Å². The van der Waals surface area contributed by atoms with Crippen molar-refractivity contribution in [2.45, 2.75) is 39.0 Å². The first-order valence-electron chi connectivity index (χ1n) is 7.45. The second-order valence-electron chi connectivity index (χ2n) is 5.48. The Labute approximate surface area is 130 Å². The molecule has 0 unspecified atom stereocenters. The molecule has 22 heavy (non-hydrogen) atoms. The number of unbranched alkanes of at least 4 members (excludes halogenated alkanes) is 4. The van der Waals surface area contributed by atoms with E-state index in [4.69, 9.17) is 10.2 Å². The number of carbonyl (C=O) groups excluding carboxylic acids is 1. The average Bonchev–Trinajstić information content (AvgIpc) is 2.35. The molecule has 126 valence electrons. The fraction of sp³-hybridized carbons (Fsp3) is 0.667. The Morgan fingerprint density at radius 2 is 1.55 bits per heavy atom. The summed E-state index contributed by atoms with van der Waals surface area (Å²) in [5.41, 5.74) is 0. The molecule has 0 aliphatic carbocycles. The van der Waals surface area contributed by atoms with Crippen molar-refractivity contribution < 1.29 is 34.2 Å². The van der Waals surface area contributed by atoms with Gasteiger partial charge >= 0.3 is 11.9 Å². The Morgan fingerprint density at radius 3 is 2.00 bits per heavy atom. The molecule has 0 bridgehead atoms. The third-order valence-corrected chi connectivity index (χ3v) is 3.29. The molecular weight excluding hydrogens is 290 g/mol. The molecule has 7 heteroatoms. The van der Waals surface area contributed by atoms with Gasteiger partial charge < -0.3 is 20.1 Å². The second-order valence-corrected chi connectivity index (χ2v) is 5.48. The summed E-state index contributed by atoms with van der Waals surface area (Å²) in [7, 11) is 0. The SMILES string of the molecule is CCCCCC/C=C/C[N+](CC(=O)[O-])(CC(=O)O)CC(=O)O. The van der Waals surface area contributed by atoms with Gasteiger partial charge in [0.2, 0.25) is 0 Å². The van der Waals surface area contributed by atoms with Crippen molar-refractivity contribution in [3.05, 3.63) is 12.2 Å². The molecule has 0 heterocycles. The first-order chi connectivity index (χ1) is 10.3. The van der Waals surface area contributed by atoms with E-state index >= 15 is 0 Å². The lowest BCUT2D eigenvalue weighted by atomic mass is 10.1. The van der Waals surface area contributed by atoms with Crippen LogP contribution in [0.3, 0.4) is 0 Å². The Kier molecular flexibility index (Phi) is 9.86. The molecular formula is C15H25NO6. The van der Waals surface area contributed by atoms with Crippen molar-refractivity contribution in [2.75, 3.05) is 26.2 Å². The van der Waals surface area contributed by atoms with Gasteiger partial charge in [-0.25, -0.2) is 9.59 Å². The first kappa shape index (κ1) is 20.1. The Bertz CT molecular complexity index is 364. The number of nitrogens with zero attached hydrogens (tertiary/aromatic N) is 1. The molecule has 0 saturated carbocycles. The molecule has 0 aliphatic rings. The first-order valence-corrected chi connectivity index (χ1v) is 7.45. The zero-order valence-corrected chi connectivity index (χ0v) is 13.0. The summed E-state index contributed by atoms with van der Waals surface area (Å²) in [5, 5.41) is 28.7. The Hall–Kier alpha value is -1.89. The maximum atomic E-state index is 10.9. The van der Waals surface area contributed by atoms with Crippen LogP contribution in [0.15, 0.2) is 12.2 Å². The molecule has 0 aromatic heterocycles. The fourth-order valence-electron chi connectivity index (χ4n) is 2.31. The molecule has 2 N–H and O–H groups in total. The van der Waals surface area contributed by atoms with Gasteiger partial charge in [0.05, 0.1) is 12.5 Å². The lowest BCUT2D eigenvalue weighted by molar-refractivity contribution is -0.903. The highest BCUT2D eigenvalue weighted by molar-refractivity contribution is 5.72. The molecule has 0 amide bonds. The largest absolute Gasteiger partial charge is 0.544 e. The van der Waals surface area contributed by atoms with E-state index in [0.717, 1.165) is 32.1 Å². The van der Waals surface area contributed by atoms with Gasteiger partial charge in [0.15, 0.2) is 13.1 Å². The van der Waals surface area contributed by atoms with Crippen molar-refractivity contribution in [3.8, 4) is 0 Å². The number of carboxylic acid groups (broad SMARTS) is 3. The summed E-state index contributed by atoms with van der Waals surface area (Å²) >= 11 is 0. The van der Waals surface area contributed by atoms with Crippen LogP contribution in [0.4, 0.5) is 0 Å². The second kappa shape index (κ2) is 10.8. The standard InChI is InChI=1S/C15H25NO6/c1-2-3-4-5-6-7-8-9-16(10-13(17)18,11-14(19)20)12-15(21)22/h7-8H,2-6,9-12H2,1H3,(H2-,17,18,19,20,21,22)/b8-7+. The molecule has 0 rings (SSSR count). The van der Waals surface area contributed by atoms with Crippen LogP contribution >= 0.6 is 0 Å². The van der Waals surface area contributed by atoms with E-state index in [9.17, 15) is 19.5 Å². The minimum absolute atomic E-state index is 0.0420. The number of aliphatic carboxylic acids is 3. The summed E-state index contributed by atoms with van der Waals surface area (Å²) in [6.07, 6.45) is 8.71. The van der Waals surface area contributed by atoms with Crippen molar-refractivity contribution in [1.82, 2.24) is 0 Å². The number of rotatable bonds is 13. The van der Waals surface area contributed by atoms with Crippen LogP contribution in [-0.2, 0) is 14.4 Å². The van der Waals surface area contributed by atoms with E-state index in [1.807, 2.05) is 6.08 Å². The number of hydrogen-bond acceptors (Lipinski definition) is 4. The van der Waals surface area contributed by atoms with Gasteiger partial charge in [0.25, 0.3) is 0 Å². The van der Waals surface area contributed by atoms with Crippen LogP contribution < -0.4 is 5.11 Å². The Morgan fingerprint density at radius 1 is 0.955 bits per heavy atom. The summed E-state index contributed by atoms with van der Waals surface area (Å²) in [6.45, 7) is 0.374. The van der Waals surface area contributed by atoms with Crippen LogP contribution in [0.1, 0.15) is 39.0 Å². The molecule has 0 atom stereocenters. The maximum Gasteiger partial charge on any atom is 0.359 e. The summed E-state index contributed by atoms with van der Waals surface area (Å²) in [4.78, 5) is 32.7. The van der Waals surface area contributed by atoms with Gasteiger partial charge in [-0.15, -0.1) is 0 Å². The number of quaternary nitrogens is 1. The topological polar surface area (TPSA) is 115 Å². The van der Waals surface area contributed by atoms with Gasteiger partial charge in [0, 0.05) is 0 Å². The highest BCUT2D eigenvalue weighted by atomic mass is 16.4. The predicted molar refractivity (Wildman–Crippen MR) is 77.9 cm³/mol. The van der Waals surface area contributed by atoms with E-state index in [1.54, 1.807) is 6.08 Å². The number of carboxylic acids is 3. The van der Waals surface area contributed by atoms with Gasteiger partial charge in [0.1, 0.15) is 6.54 Å². The average molecular weight is 315 g/mol. The van der Waals surface area contributed by atoms with E-state index in [-0.39, 0.29) is 6.54 Å². The molecule has 0 aromatic carbocycles. The van der Waals surface area contributed by atoms with Crippen LogP contribution in [-0.4, -0.2) is 58.8 Å². The number of hydrogen-bond donors (Lipinski definition) is 2. The summed E-state index contributed by atoms with van der Waals surface area (Å²) in [5.74, 6) is -3.93. The lowest BCUT2D eigenvalue weighted by Gasteiger charge is -2.35. The quantitative estimate of drug-likeness (QED) is 0.286. The van der Waals surface area contributed by atoms with E-state index in [1.165, 1.54) is 0 Å². The van der Waals surface area contributed by atoms with Crippen molar-refractivity contribution in [2.24, 2.45) is 0 Å². The Balaban J connectivity index is 4.73. The van der Waals surface area contributed by atoms with Crippen LogP contribution in [0.5, 0.6) is 0 Å².